The summed E-state index contributed by atoms with van der Waals surface area (Å²) in [5.74, 6) is -0.443. The molecule has 0 saturated carbocycles. The van der Waals surface area contributed by atoms with Crippen molar-refractivity contribution >= 4 is 10.0 Å². The lowest BCUT2D eigenvalue weighted by atomic mass is 10.2. The number of nitrogens with one attached hydrogen (secondary N) is 2. The maximum atomic E-state index is 12.7. The zero-order valence-corrected chi connectivity index (χ0v) is 10.1. The largest absolute Gasteiger partial charge is 0.313 e. The summed E-state index contributed by atoms with van der Waals surface area (Å²) in [5, 5.41) is 3.20. The van der Waals surface area contributed by atoms with Crippen LogP contribution in [0.1, 0.15) is 12.8 Å². The van der Waals surface area contributed by atoms with E-state index in [9.17, 15) is 12.8 Å². The van der Waals surface area contributed by atoms with Gasteiger partial charge in [-0.05, 0) is 43.7 Å². The van der Waals surface area contributed by atoms with Crippen LogP contribution in [0.2, 0.25) is 0 Å². The van der Waals surface area contributed by atoms with Gasteiger partial charge in [-0.25, -0.2) is 17.5 Å². The molecule has 4 nitrogen and oxygen atoms in total. The Morgan fingerprint density at radius 2 is 2.06 bits per heavy atom. The van der Waals surface area contributed by atoms with Gasteiger partial charge in [-0.3, -0.25) is 0 Å². The van der Waals surface area contributed by atoms with E-state index in [1.165, 1.54) is 12.1 Å². The van der Waals surface area contributed by atoms with Gasteiger partial charge in [0.1, 0.15) is 5.82 Å². The SMILES string of the molecule is O=S(=O)(NC[C@@H]1CCCN1)c1ccc(F)cc1. The number of hydrogen-bond donors (Lipinski definition) is 2. The third kappa shape index (κ3) is 3.24. The maximum Gasteiger partial charge on any atom is 0.240 e. The van der Waals surface area contributed by atoms with Gasteiger partial charge in [-0.1, -0.05) is 0 Å². The molecule has 1 aromatic rings. The van der Waals surface area contributed by atoms with Crippen LogP contribution in [-0.2, 0) is 10.0 Å². The van der Waals surface area contributed by atoms with Crippen LogP contribution in [0.15, 0.2) is 29.2 Å². The number of rotatable bonds is 4. The summed E-state index contributed by atoms with van der Waals surface area (Å²) < 4.78 is 38.9. The van der Waals surface area contributed by atoms with Crippen LogP contribution in [0.25, 0.3) is 0 Å². The van der Waals surface area contributed by atoms with Crippen LogP contribution >= 0.6 is 0 Å². The zero-order valence-electron chi connectivity index (χ0n) is 9.32. The summed E-state index contributed by atoms with van der Waals surface area (Å²) in [5.41, 5.74) is 0. The molecule has 0 radical (unpaired) electrons. The van der Waals surface area contributed by atoms with Crippen LogP contribution in [0.3, 0.4) is 0 Å². The molecule has 0 unspecified atom stereocenters. The predicted molar refractivity (Wildman–Crippen MR) is 62.6 cm³/mol. The third-order valence-corrected chi connectivity index (χ3v) is 4.25. The van der Waals surface area contributed by atoms with E-state index < -0.39 is 15.8 Å². The molecule has 1 atom stereocenters. The van der Waals surface area contributed by atoms with E-state index in [-0.39, 0.29) is 10.9 Å². The lowest BCUT2D eigenvalue weighted by molar-refractivity contribution is 0.551. The molecule has 1 aromatic carbocycles. The average molecular weight is 258 g/mol. The summed E-state index contributed by atoms with van der Waals surface area (Å²) in [6, 6.07) is 5.01. The van der Waals surface area contributed by atoms with Crippen LogP contribution < -0.4 is 10.0 Å². The van der Waals surface area contributed by atoms with Gasteiger partial charge >= 0.3 is 0 Å². The minimum absolute atomic E-state index is 0.0943. The normalized spacial score (nSPS) is 20.6. The number of halogens is 1. The molecule has 1 saturated heterocycles. The highest BCUT2D eigenvalue weighted by Crippen LogP contribution is 2.10. The van der Waals surface area contributed by atoms with E-state index in [1.807, 2.05) is 0 Å². The van der Waals surface area contributed by atoms with E-state index in [4.69, 9.17) is 0 Å². The molecule has 1 fully saturated rings. The second-order valence-corrected chi connectivity index (χ2v) is 5.87. The number of hydrogen-bond acceptors (Lipinski definition) is 3. The summed E-state index contributed by atoms with van der Waals surface area (Å²) in [6.45, 7) is 1.31. The molecule has 1 aliphatic rings. The van der Waals surface area contributed by atoms with Gasteiger partial charge in [0.25, 0.3) is 0 Å². The van der Waals surface area contributed by atoms with Crippen molar-refractivity contribution in [3.05, 3.63) is 30.1 Å². The van der Waals surface area contributed by atoms with E-state index in [0.717, 1.165) is 31.5 Å². The fourth-order valence-electron chi connectivity index (χ4n) is 1.84. The van der Waals surface area contributed by atoms with Crippen molar-refractivity contribution in [3.63, 3.8) is 0 Å². The lowest BCUT2D eigenvalue weighted by Gasteiger charge is -2.11. The molecule has 2 rings (SSSR count). The standard InChI is InChI=1S/C11H15FN2O2S/c12-9-3-5-11(6-4-9)17(15,16)14-8-10-2-1-7-13-10/h3-6,10,13-14H,1-2,7-8H2/t10-/m0/s1. The molecule has 6 heteroatoms. The Hall–Kier alpha value is -0.980. The first-order chi connectivity index (χ1) is 8.08. The molecular formula is C11H15FN2O2S. The molecule has 0 bridgehead atoms. The molecule has 94 valence electrons. The van der Waals surface area contributed by atoms with E-state index >= 15 is 0 Å². The van der Waals surface area contributed by atoms with Crippen LogP contribution in [-0.4, -0.2) is 27.5 Å². The first kappa shape index (κ1) is 12.5. The highest BCUT2D eigenvalue weighted by Gasteiger charge is 2.18. The van der Waals surface area contributed by atoms with Crippen LogP contribution in [0.4, 0.5) is 4.39 Å². The Kier molecular flexibility index (Phi) is 3.76. The fourth-order valence-corrected chi connectivity index (χ4v) is 2.92. The molecule has 1 heterocycles. The predicted octanol–water partition coefficient (Wildman–Crippen LogP) is 0.856. The third-order valence-electron chi connectivity index (χ3n) is 2.81. The number of sulfonamides is 1. The van der Waals surface area contributed by atoms with Crippen LogP contribution in [0.5, 0.6) is 0 Å². The Morgan fingerprint density at radius 1 is 1.35 bits per heavy atom. The van der Waals surface area contributed by atoms with Gasteiger partial charge in [0.15, 0.2) is 0 Å². The Bertz CT molecular complexity index is 467. The van der Waals surface area contributed by atoms with E-state index in [2.05, 4.69) is 10.0 Å². The van der Waals surface area contributed by atoms with Gasteiger partial charge in [0.2, 0.25) is 10.0 Å². The van der Waals surface area contributed by atoms with Gasteiger partial charge in [-0.2, -0.15) is 0 Å². The van der Waals surface area contributed by atoms with E-state index in [1.54, 1.807) is 0 Å². The first-order valence-corrected chi connectivity index (χ1v) is 7.05. The highest BCUT2D eigenvalue weighted by atomic mass is 32.2. The number of benzene rings is 1. The van der Waals surface area contributed by atoms with Crippen molar-refractivity contribution in [2.45, 2.75) is 23.8 Å². The Morgan fingerprint density at radius 3 is 2.65 bits per heavy atom. The molecule has 0 spiro atoms. The van der Waals surface area contributed by atoms with Crippen molar-refractivity contribution in [2.24, 2.45) is 0 Å². The smallest absolute Gasteiger partial charge is 0.240 e. The van der Waals surface area contributed by atoms with Crippen molar-refractivity contribution in [3.8, 4) is 0 Å². The van der Waals surface area contributed by atoms with Crippen LogP contribution in [0, 0.1) is 5.82 Å². The second-order valence-electron chi connectivity index (χ2n) is 4.10. The lowest BCUT2D eigenvalue weighted by Crippen LogP contribution is -2.37. The topological polar surface area (TPSA) is 58.2 Å². The second kappa shape index (κ2) is 5.12. The van der Waals surface area contributed by atoms with Crippen molar-refractivity contribution in [1.82, 2.24) is 10.0 Å². The minimum Gasteiger partial charge on any atom is -0.313 e. The minimum atomic E-state index is -3.52. The summed E-state index contributed by atoms with van der Waals surface area (Å²) in [7, 11) is -3.52. The monoisotopic (exact) mass is 258 g/mol. The van der Waals surface area contributed by atoms with Gasteiger partial charge in [-0.15, -0.1) is 0 Å². The van der Waals surface area contributed by atoms with Gasteiger partial charge in [0.05, 0.1) is 4.90 Å². The van der Waals surface area contributed by atoms with Crippen molar-refractivity contribution in [2.75, 3.05) is 13.1 Å². The molecule has 0 aromatic heterocycles. The van der Waals surface area contributed by atoms with Gasteiger partial charge < -0.3 is 5.32 Å². The fraction of sp³-hybridized carbons (Fsp3) is 0.455. The Balaban J connectivity index is 2.00. The highest BCUT2D eigenvalue weighted by molar-refractivity contribution is 7.89. The summed E-state index contributed by atoms with van der Waals surface area (Å²) in [4.78, 5) is 0.0943. The zero-order chi connectivity index (χ0) is 12.3. The molecule has 17 heavy (non-hydrogen) atoms. The van der Waals surface area contributed by atoms with E-state index in [0.29, 0.717) is 6.54 Å². The molecule has 0 amide bonds. The summed E-state index contributed by atoms with van der Waals surface area (Å²) >= 11 is 0. The molecule has 0 aliphatic carbocycles. The average Bonchev–Trinajstić information content (AvgIpc) is 2.80. The molecular weight excluding hydrogens is 243 g/mol. The molecule has 2 N–H and O–H groups in total. The van der Waals surface area contributed by atoms with Gasteiger partial charge in [0, 0.05) is 12.6 Å². The molecule has 1 aliphatic heterocycles. The first-order valence-electron chi connectivity index (χ1n) is 5.56. The summed E-state index contributed by atoms with van der Waals surface area (Å²) in [6.07, 6.45) is 2.05. The Labute approximate surface area is 100 Å². The van der Waals surface area contributed by atoms with Crippen molar-refractivity contribution in [1.29, 1.82) is 0 Å². The van der Waals surface area contributed by atoms with Crippen molar-refractivity contribution < 1.29 is 12.8 Å². The quantitative estimate of drug-likeness (QED) is 0.842. The maximum absolute atomic E-state index is 12.7.